The lowest BCUT2D eigenvalue weighted by Gasteiger charge is -2.35. The normalized spacial score (nSPS) is 17.4. The SMILES string of the molecule is Cc1cccc(N2CCN(S(=O)(=O)CC(=O)N(C)C(C)CN)CC2)c1. The van der Waals surface area contributed by atoms with Gasteiger partial charge in [0.05, 0.1) is 0 Å². The molecule has 1 fully saturated rings. The smallest absolute Gasteiger partial charge is 0.239 e. The Hall–Kier alpha value is -1.64. The van der Waals surface area contributed by atoms with Gasteiger partial charge in [-0.05, 0) is 31.5 Å². The van der Waals surface area contributed by atoms with E-state index in [1.165, 1.54) is 14.8 Å². The minimum absolute atomic E-state index is 0.180. The second-order valence-corrected chi connectivity index (χ2v) is 8.54. The Bertz CT molecular complexity index is 700. The van der Waals surface area contributed by atoms with Gasteiger partial charge in [0.1, 0.15) is 5.75 Å². The van der Waals surface area contributed by atoms with E-state index in [0.29, 0.717) is 32.7 Å². The predicted octanol–water partition coefficient (Wildman–Crippen LogP) is 0.252. The minimum Gasteiger partial charge on any atom is -0.369 e. The van der Waals surface area contributed by atoms with Crippen molar-refractivity contribution in [3.63, 3.8) is 0 Å². The second-order valence-electron chi connectivity index (χ2n) is 6.57. The number of hydrogen-bond donors (Lipinski definition) is 1. The molecule has 8 heteroatoms. The van der Waals surface area contributed by atoms with Crippen LogP contribution in [0.1, 0.15) is 12.5 Å². The van der Waals surface area contributed by atoms with Crippen LogP contribution in [0.5, 0.6) is 0 Å². The van der Waals surface area contributed by atoms with Gasteiger partial charge in [0.25, 0.3) is 0 Å². The van der Waals surface area contributed by atoms with Crippen molar-refractivity contribution in [1.82, 2.24) is 9.21 Å². The molecule has 0 radical (unpaired) electrons. The van der Waals surface area contributed by atoms with Gasteiger partial charge in [-0.25, -0.2) is 8.42 Å². The van der Waals surface area contributed by atoms with Crippen molar-refractivity contribution in [2.75, 3.05) is 50.4 Å². The van der Waals surface area contributed by atoms with E-state index in [2.05, 4.69) is 11.0 Å². The number of sulfonamides is 1. The van der Waals surface area contributed by atoms with Crippen LogP contribution in [-0.4, -0.2) is 75.1 Å². The Morgan fingerprint density at radius 1 is 1.28 bits per heavy atom. The highest BCUT2D eigenvalue weighted by molar-refractivity contribution is 7.89. The molecule has 2 N–H and O–H groups in total. The summed E-state index contributed by atoms with van der Waals surface area (Å²) >= 11 is 0. The number of nitrogens with two attached hydrogens (primary N) is 1. The van der Waals surface area contributed by atoms with Crippen molar-refractivity contribution in [2.45, 2.75) is 19.9 Å². The summed E-state index contributed by atoms with van der Waals surface area (Å²) in [6.45, 7) is 6.15. The number of aryl methyl sites for hydroxylation is 1. The first kappa shape index (κ1) is 19.7. The van der Waals surface area contributed by atoms with E-state index in [1.807, 2.05) is 25.1 Å². The van der Waals surface area contributed by atoms with Crippen molar-refractivity contribution >= 4 is 21.6 Å². The summed E-state index contributed by atoms with van der Waals surface area (Å²) in [5.74, 6) is -0.919. The lowest BCUT2D eigenvalue weighted by atomic mass is 10.2. The molecule has 0 spiro atoms. The van der Waals surface area contributed by atoms with Gasteiger partial charge in [0.2, 0.25) is 15.9 Å². The summed E-state index contributed by atoms with van der Waals surface area (Å²) in [6.07, 6.45) is 0. The molecule has 2 rings (SSSR count). The molecule has 1 saturated heterocycles. The molecule has 1 atom stereocenters. The molecule has 0 aromatic heterocycles. The summed E-state index contributed by atoms with van der Waals surface area (Å²) < 4.78 is 26.5. The van der Waals surface area contributed by atoms with Crippen LogP contribution in [0.25, 0.3) is 0 Å². The standard InChI is InChI=1S/C17H28N4O3S/c1-14-5-4-6-16(11-14)20-7-9-21(10-8-20)25(23,24)13-17(22)19(3)15(2)12-18/h4-6,11,15H,7-10,12-13,18H2,1-3H3. The Balaban J connectivity index is 1.96. The molecule has 0 aliphatic carbocycles. The summed E-state index contributed by atoms with van der Waals surface area (Å²) in [5, 5.41) is 0. The average molecular weight is 369 g/mol. The number of benzene rings is 1. The van der Waals surface area contributed by atoms with Gasteiger partial charge < -0.3 is 15.5 Å². The number of rotatable bonds is 6. The third-order valence-corrected chi connectivity index (χ3v) is 6.46. The average Bonchev–Trinajstić information content (AvgIpc) is 2.60. The molecular formula is C17H28N4O3S. The highest BCUT2D eigenvalue weighted by Crippen LogP contribution is 2.19. The van der Waals surface area contributed by atoms with Crippen LogP contribution in [0, 0.1) is 6.92 Å². The fraction of sp³-hybridized carbons (Fsp3) is 0.588. The predicted molar refractivity (Wildman–Crippen MR) is 100 cm³/mol. The largest absolute Gasteiger partial charge is 0.369 e. The molecule has 1 unspecified atom stereocenters. The number of anilines is 1. The van der Waals surface area contributed by atoms with Crippen molar-refractivity contribution in [2.24, 2.45) is 5.73 Å². The molecule has 1 heterocycles. The van der Waals surface area contributed by atoms with Crippen LogP contribution in [0.15, 0.2) is 24.3 Å². The molecule has 1 aliphatic heterocycles. The van der Waals surface area contributed by atoms with Gasteiger partial charge >= 0.3 is 0 Å². The van der Waals surface area contributed by atoms with Crippen LogP contribution in [0.4, 0.5) is 5.69 Å². The molecule has 0 saturated carbocycles. The van der Waals surface area contributed by atoms with Crippen molar-refractivity contribution in [3.8, 4) is 0 Å². The molecule has 140 valence electrons. The van der Waals surface area contributed by atoms with E-state index >= 15 is 0 Å². The Morgan fingerprint density at radius 3 is 2.48 bits per heavy atom. The topological polar surface area (TPSA) is 87.0 Å². The first-order valence-electron chi connectivity index (χ1n) is 8.50. The molecule has 1 aromatic carbocycles. The Morgan fingerprint density at radius 2 is 1.92 bits per heavy atom. The molecule has 1 aromatic rings. The zero-order valence-electron chi connectivity index (χ0n) is 15.2. The van der Waals surface area contributed by atoms with Crippen LogP contribution < -0.4 is 10.6 Å². The number of carbonyl (C=O) groups excluding carboxylic acids is 1. The maximum atomic E-state index is 12.5. The number of piperazine rings is 1. The first-order chi connectivity index (χ1) is 11.7. The van der Waals surface area contributed by atoms with Gasteiger partial charge in [-0.2, -0.15) is 4.31 Å². The molecule has 1 aliphatic rings. The third-order valence-electron chi connectivity index (χ3n) is 4.70. The van der Waals surface area contributed by atoms with Gasteiger partial charge in [-0.1, -0.05) is 12.1 Å². The molecular weight excluding hydrogens is 340 g/mol. The molecule has 25 heavy (non-hydrogen) atoms. The van der Waals surface area contributed by atoms with Crippen molar-refractivity contribution in [1.29, 1.82) is 0 Å². The molecule has 7 nitrogen and oxygen atoms in total. The molecule has 0 bridgehead atoms. The lowest BCUT2D eigenvalue weighted by Crippen LogP contribution is -2.51. The quantitative estimate of drug-likeness (QED) is 0.778. The van der Waals surface area contributed by atoms with E-state index in [4.69, 9.17) is 5.73 Å². The highest BCUT2D eigenvalue weighted by Gasteiger charge is 2.30. The monoisotopic (exact) mass is 368 g/mol. The first-order valence-corrected chi connectivity index (χ1v) is 10.1. The summed E-state index contributed by atoms with van der Waals surface area (Å²) in [5.41, 5.74) is 7.82. The molecule has 1 amide bonds. The summed E-state index contributed by atoms with van der Waals surface area (Å²) in [4.78, 5) is 15.8. The highest BCUT2D eigenvalue weighted by atomic mass is 32.2. The van der Waals surface area contributed by atoms with E-state index < -0.39 is 21.7 Å². The Labute approximate surface area is 150 Å². The van der Waals surface area contributed by atoms with Gasteiger partial charge in [0, 0.05) is 51.5 Å². The zero-order chi connectivity index (χ0) is 18.6. The number of hydrogen-bond acceptors (Lipinski definition) is 5. The fourth-order valence-corrected chi connectivity index (χ4v) is 4.22. The van der Waals surface area contributed by atoms with Crippen LogP contribution in [0.3, 0.4) is 0 Å². The van der Waals surface area contributed by atoms with Gasteiger partial charge in [-0.15, -0.1) is 0 Å². The van der Waals surface area contributed by atoms with E-state index in [-0.39, 0.29) is 6.04 Å². The van der Waals surface area contributed by atoms with Gasteiger partial charge in [-0.3, -0.25) is 4.79 Å². The maximum Gasteiger partial charge on any atom is 0.239 e. The lowest BCUT2D eigenvalue weighted by molar-refractivity contribution is -0.128. The summed E-state index contributed by atoms with van der Waals surface area (Å²) in [6, 6.07) is 7.98. The number of carbonyl (C=O) groups is 1. The van der Waals surface area contributed by atoms with E-state index in [0.717, 1.165) is 5.69 Å². The van der Waals surface area contributed by atoms with Crippen LogP contribution in [-0.2, 0) is 14.8 Å². The van der Waals surface area contributed by atoms with Crippen LogP contribution >= 0.6 is 0 Å². The minimum atomic E-state index is -3.61. The number of nitrogens with zero attached hydrogens (tertiary/aromatic N) is 3. The maximum absolute atomic E-state index is 12.5. The third kappa shape index (κ3) is 4.93. The van der Waals surface area contributed by atoms with Crippen molar-refractivity contribution < 1.29 is 13.2 Å². The van der Waals surface area contributed by atoms with Gasteiger partial charge in [0.15, 0.2) is 0 Å². The fourth-order valence-electron chi connectivity index (χ4n) is 2.80. The number of amides is 1. The van der Waals surface area contributed by atoms with Crippen LogP contribution in [0.2, 0.25) is 0 Å². The summed E-state index contributed by atoms with van der Waals surface area (Å²) in [7, 11) is -2.02. The zero-order valence-corrected chi connectivity index (χ0v) is 16.0. The number of likely N-dealkylation sites (N-methyl/N-ethyl adjacent to an activating group) is 1. The Kier molecular flexibility index (Phi) is 6.42. The van der Waals surface area contributed by atoms with E-state index in [9.17, 15) is 13.2 Å². The van der Waals surface area contributed by atoms with E-state index in [1.54, 1.807) is 14.0 Å². The van der Waals surface area contributed by atoms with Crippen molar-refractivity contribution in [3.05, 3.63) is 29.8 Å². The second kappa shape index (κ2) is 8.16.